The van der Waals surface area contributed by atoms with Crippen molar-refractivity contribution in [1.29, 1.82) is 0 Å². The molecule has 13 aromatic rings. The van der Waals surface area contributed by atoms with Crippen LogP contribution in [0.4, 0.5) is 0 Å². The monoisotopic (exact) mass is 1320 g/mol. The maximum Gasteiger partial charge on any atom is 0.206 e. The first-order valence-electron chi connectivity index (χ1n) is 34.3. The summed E-state index contributed by atoms with van der Waals surface area (Å²) in [6.07, 6.45) is 4.29. The number of hydrogen-bond acceptors (Lipinski definition) is 2. The second-order valence-corrected chi connectivity index (χ2v) is 28.6. The van der Waals surface area contributed by atoms with Crippen LogP contribution in [-0.2, 0) is 15.3 Å². The van der Waals surface area contributed by atoms with E-state index in [0.717, 1.165) is 22.3 Å². The standard InChI is InChI=1S/C20H18.C17H20.C16H16.C16H14.C14H14O2S.C14H14/c1-15-3-7-17(8-4-15)19-11-13-20(14-12-19)18-9-5-16(2)6-10-18;1-13-5-9-15(10-6-13)17(3,4)16-11-7-14(2)8-12-16;2*1-13-3-7-15(8-4-13)11-12-16-9-5-14(2)6-10-16;1-11-3-7-13(8-4-11)17(15,16)14-9-5-12(2)6-10-14;1-11-3-7-13(8-4-11)14-9-5-12(2)6-10-14/h3-14H,1-2H3;5-12H,1-4H3;3-12H,1-2H3;3-10H,1-2H3;3-10H,1-2H3;3-10H,1-2H3/b;;12-11+;;;. The van der Waals surface area contributed by atoms with Crippen LogP contribution >= 0.6 is 0 Å². The number of rotatable bonds is 9. The van der Waals surface area contributed by atoms with Crippen molar-refractivity contribution in [3.8, 4) is 45.2 Å². The minimum atomic E-state index is -3.37. The van der Waals surface area contributed by atoms with E-state index in [1.54, 1.807) is 48.5 Å². The Morgan fingerprint density at radius 3 is 0.590 bits per heavy atom. The zero-order valence-electron chi connectivity index (χ0n) is 60.9. The third-order valence-electron chi connectivity index (χ3n) is 17.4. The van der Waals surface area contributed by atoms with Gasteiger partial charge in [0.15, 0.2) is 0 Å². The van der Waals surface area contributed by atoms with E-state index in [-0.39, 0.29) is 5.41 Å². The van der Waals surface area contributed by atoms with Gasteiger partial charge in [0, 0.05) is 16.5 Å². The lowest BCUT2D eigenvalue weighted by atomic mass is 9.78. The highest BCUT2D eigenvalue weighted by molar-refractivity contribution is 7.91. The maximum atomic E-state index is 12.3. The predicted octanol–water partition coefficient (Wildman–Crippen LogP) is 25.6. The molecule has 0 amide bonds. The van der Waals surface area contributed by atoms with Crippen LogP contribution < -0.4 is 0 Å². The van der Waals surface area contributed by atoms with Gasteiger partial charge in [-0.2, -0.15) is 0 Å². The topological polar surface area (TPSA) is 34.1 Å². The first kappa shape index (κ1) is 74.9. The Morgan fingerprint density at radius 2 is 0.380 bits per heavy atom. The van der Waals surface area contributed by atoms with Crippen LogP contribution in [0.2, 0.25) is 0 Å². The van der Waals surface area contributed by atoms with E-state index < -0.39 is 9.84 Å². The van der Waals surface area contributed by atoms with Gasteiger partial charge >= 0.3 is 0 Å². The molecule has 0 heterocycles. The van der Waals surface area contributed by atoms with Gasteiger partial charge in [-0.15, -0.1) is 0 Å². The lowest BCUT2D eigenvalue weighted by Crippen LogP contribution is -2.18. The Morgan fingerprint density at radius 1 is 0.220 bits per heavy atom. The zero-order valence-corrected chi connectivity index (χ0v) is 61.7. The first-order valence-corrected chi connectivity index (χ1v) is 35.8. The van der Waals surface area contributed by atoms with Crippen LogP contribution in [0, 0.1) is 94.9 Å². The van der Waals surface area contributed by atoms with E-state index >= 15 is 0 Å². The largest absolute Gasteiger partial charge is 0.219 e. The van der Waals surface area contributed by atoms with E-state index in [0.29, 0.717) is 9.79 Å². The molecule has 100 heavy (non-hydrogen) atoms. The summed E-state index contributed by atoms with van der Waals surface area (Å²) in [5, 5.41) is 0. The summed E-state index contributed by atoms with van der Waals surface area (Å²) in [4.78, 5) is 0.680. The highest BCUT2D eigenvalue weighted by Crippen LogP contribution is 2.32. The van der Waals surface area contributed by atoms with Gasteiger partial charge in [0.1, 0.15) is 0 Å². The van der Waals surface area contributed by atoms with Crippen molar-refractivity contribution in [3.05, 3.63) is 416 Å². The Labute approximate surface area is 599 Å². The second-order valence-electron chi connectivity index (χ2n) is 26.7. The zero-order chi connectivity index (χ0) is 71.6. The molecule has 0 aliphatic heterocycles. The van der Waals surface area contributed by atoms with Crippen molar-refractivity contribution in [3.63, 3.8) is 0 Å². The predicted molar refractivity (Wildman–Crippen MR) is 430 cm³/mol. The Hall–Kier alpha value is -10.9. The molecule has 0 aromatic heterocycles. The van der Waals surface area contributed by atoms with Gasteiger partial charge in [0.05, 0.1) is 9.79 Å². The van der Waals surface area contributed by atoms with Gasteiger partial charge in [-0.05, 0) is 187 Å². The molecule has 3 heteroatoms. The van der Waals surface area contributed by atoms with Crippen LogP contribution in [0.5, 0.6) is 0 Å². The third-order valence-corrected chi connectivity index (χ3v) is 19.2. The SMILES string of the molecule is Cc1ccc(-c2ccc(-c3ccc(C)cc3)cc2)cc1.Cc1ccc(-c2ccc(C)cc2)cc1.Cc1ccc(/C=C/c2ccc(C)cc2)cc1.Cc1ccc(C#Cc2ccc(C)cc2)cc1.Cc1ccc(C(C)(C)c2ccc(C)cc2)cc1.Cc1ccc(S(=O)(=O)c2ccc(C)cc2)cc1. The molecule has 2 nitrogen and oxygen atoms in total. The summed E-state index contributed by atoms with van der Waals surface area (Å²) in [6.45, 7) is 29.5. The van der Waals surface area contributed by atoms with Crippen molar-refractivity contribution in [2.75, 3.05) is 0 Å². The summed E-state index contributed by atoms with van der Waals surface area (Å²) in [7, 11) is -3.37. The van der Waals surface area contributed by atoms with Crippen molar-refractivity contribution in [2.24, 2.45) is 0 Å². The van der Waals surface area contributed by atoms with Gasteiger partial charge in [0.2, 0.25) is 9.84 Å². The quantitative estimate of drug-likeness (QED) is 0.107. The molecule has 0 unspecified atom stereocenters. The molecule has 0 aliphatic rings. The second kappa shape index (κ2) is 36.6. The van der Waals surface area contributed by atoms with E-state index in [2.05, 4.69) is 374 Å². The van der Waals surface area contributed by atoms with Crippen LogP contribution in [-0.4, -0.2) is 8.42 Å². The van der Waals surface area contributed by atoms with Crippen LogP contribution in [0.3, 0.4) is 0 Å². The molecule has 0 bridgehead atoms. The van der Waals surface area contributed by atoms with E-state index in [9.17, 15) is 8.42 Å². The molecule has 0 saturated carbocycles. The lowest BCUT2D eigenvalue weighted by Gasteiger charge is -2.26. The van der Waals surface area contributed by atoms with Gasteiger partial charge in [-0.3, -0.25) is 0 Å². The molecule has 13 rings (SSSR count). The Balaban J connectivity index is 0.000000153. The van der Waals surface area contributed by atoms with Gasteiger partial charge < -0.3 is 0 Å². The van der Waals surface area contributed by atoms with Crippen molar-refractivity contribution >= 4 is 22.0 Å². The van der Waals surface area contributed by atoms with Crippen LogP contribution in [0.1, 0.15) is 114 Å². The first-order chi connectivity index (χ1) is 47.9. The molecular formula is C97H96O2S. The molecule has 13 aromatic carbocycles. The minimum absolute atomic E-state index is 0.0708. The molecule has 0 spiro atoms. The van der Waals surface area contributed by atoms with Gasteiger partial charge in [-0.25, -0.2) is 8.42 Å². The fraction of sp³-hybridized carbons (Fsp3) is 0.155. The fourth-order valence-electron chi connectivity index (χ4n) is 10.5. The molecule has 502 valence electrons. The van der Waals surface area contributed by atoms with Crippen LogP contribution in [0.15, 0.2) is 325 Å². The fourth-order valence-corrected chi connectivity index (χ4v) is 11.7. The molecule has 0 atom stereocenters. The third kappa shape index (κ3) is 23.7. The summed E-state index contributed by atoms with van der Waals surface area (Å²) < 4.78 is 24.5. The highest BCUT2D eigenvalue weighted by atomic mass is 32.2. The van der Waals surface area contributed by atoms with Crippen molar-refractivity contribution in [2.45, 2.75) is 112 Å². The van der Waals surface area contributed by atoms with Gasteiger partial charge in [-0.1, -0.05) is 372 Å². The number of aryl methyl sites for hydroxylation is 12. The van der Waals surface area contributed by atoms with E-state index in [4.69, 9.17) is 0 Å². The van der Waals surface area contributed by atoms with Crippen molar-refractivity contribution < 1.29 is 8.42 Å². The number of hydrogen-bond donors (Lipinski definition) is 0. The summed E-state index contributed by atoms with van der Waals surface area (Å²) in [6, 6.07) is 108. The normalized spacial score (nSPS) is 10.7. The molecule has 0 fully saturated rings. The molecule has 0 aliphatic carbocycles. The summed E-state index contributed by atoms with van der Waals surface area (Å²) in [5.74, 6) is 6.32. The number of benzene rings is 13. The Kier molecular flexibility index (Phi) is 27.4. The summed E-state index contributed by atoms with van der Waals surface area (Å²) >= 11 is 0. The lowest BCUT2D eigenvalue weighted by molar-refractivity contribution is 0.596. The average molecular weight is 1330 g/mol. The van der Waals surface area contributed by atoms with Crippen LogP contribution in [0.25, 0.3) is 45.5 Å². The highest BCUT2D eigenvalue weighted by Gasteiger charge is 2.22. The minimum Gasteiger partial charge on any atom is -0.219 e. The summed E-state index contributed by atoms with van der Waals surface area (Å²) in [5.41, 5.74) is 30.1. The molecule has 0 saturated heterocycles. The Bertz CT molecular complexity index is 4520. The average Bonchev–Trinajstić information content (AvgIpc) is 0.832. The van der Waals surface area contributed by atoms with E-state index in [1.807, 2.05) is 13.8 Å². The molecule has 0 radical (unpaired) electrons. The molecular weight excluding hydrogens is 1230 g/mol. The molecule has 0 N–H and O–H groups in total. The number of sulfone groups is 1. The van der Waals surface area contributed by atoms with Crippen molar-refractivity contribution in [1.82, 2.24) is 0 Å². The van der Waals surface area contributed by atoms with E-state index in [1.165, 1.54) is 111 Å². The smallest absolute Gasteiger partial charge is 0.206 e. The maximum absolute atomic E-state index is 12.3. The van der Waals surface area contributed by atoms with Gasteiger partial charge in [0.25, 0.3) is 0 Å².